The summed E-state index contributed by atoms with van der Waals surface area (Å²) in [6, 6.07) is 11.4. The number of hydrogen-bond acceptors (Lipinski definition) is 7. The largest absolute Gasteiger partial charge is 0.491 e. The number of nitrogens with zero attached hydrogens (tertiary/aromatic N) is 4. The van der Waals surface area contributed by atoms with Gasteiger partial charge in [0, 0.05) is 18.7 Å². The molecule has 0 saturated carbocycles. The van der Waals surface area contributed by atoms with Crippen LogP contribution in [-0.2, 0) is 0 Å². The maximum Gasteiger partial charge on any atom is 0.230 e. The number of benzene rings is 1. The van der Waals surface area contributed by atoms with Gasteiger partial charge in [-0.2, -0.15) is 4.98 Å². The molecule has 8 heteroatoms. The Morgan fingerprint density at radius 3 is 2.69 bits per heavy atom. The summed E-state index contributed by atoms with van der Waals surface area (Å²) in [4.78, 5) is 10.9. The Hall–Kier alpha value is -2.84. The monoisotopic (exact) mass is 398 g/mol. The number of aliphatic hydroxyl groups excluding tert-OH is 1. The van der Waals surface area contributed by atoms with E-state index in [9.17, 15) is 9.50 Å². The summed E-state index contributed by atoms with van der Waals surface area (Å²) >= 11 is 0. The summed E-state index contributed by atoms with van der Waals surface area (Å²) in [6.07, 6.45) is 2.86. The molecule has 0 amide bonds. The Balaban J connectivity index is 1.23. The van der Waals surface area contributed by atoms with E-state index < -0.39 is 6.10 Å². The Morgan fingerprint density at radius 1 is 1.17 bits per heavy atom. The van der Waals surface area contributed by atoms with Gasteiger partial charge in [-0.15, -0.1) is 0 Å². The molecule has 4 rings (SSSR count). The maximum atomic E-state index is 12.9. The van der Waals surface area contributed by atoms with E-state index in [0.717, 1.165) is 25.9 Å². The van der Waals surface area contributed by atoms with E-state index in [1.54, 1.807) is 18.3 Å². The molecule has 1 aliphatic rings. The molecule has 7 nitrogen and oxygen atoms in total. The first kappa shape index (κ1) is 19.5. The van der Waals surface area contributed by atoms with Crippen LogP contribution >= 0.6 is 0 Å². The normalized spacial score (nSPS) is 16.6. The molecule has 1 N–H and O–H groups in total. The molecule has 0 bridgehead atoms. The molecule has 0 aliphatic carbocycles. The van der Waals surface area contributed by atoms with Crippen LogP contribution in [0.1, 0.15) is 24.7 Å². The molecule has 3 heterocycles. The Labute approximate surface area is 168 Å². The highest BCUT2D eigenvalue weighted by Crippen LogP contribution is 2.28. The third kappa shape index (κ3) is 5.16. The van der Waals surface area contributed by atoms with Crippen LogP contribution in [-0.4, -0.2) is 57.5 Å². The van der Waals surface area contributed by atoms with Crippen molar-refractivity contribution in [3.8, 4) is 17.3 Å². The Kier molecular flexibility index (Phi) is 6.12. The number of hydrogen-bond donors (Lipinski definition) is 1. The highest BCUT2D eigenvalue weighted by molar-refractivity contribution is 5.47. The molecule has 1 aliphatic heterocycles. The van der Waals surface area contributed by atoms with Crippen LogP contribution < -0.4 is 4.74 Å². The fraction of sp³-hybridized carbons (Fsp3) is 0.381. The number of halogens is 1. The maximum absolute atomic E-state index is 12.9. The summed E-state index contributed by atoms with van der Waals surface area (Å²) in [5.41, 5.74) is 0.698. The first-order valence-electron chi connectivity index (χ1n) is 9.71. The predicted molar refractivity (Wildman–Crippen MR) is 104 cm³/mol. The SMILES string of the molecule is OC(COc1ccc(F)cc1)CN1CCC(c2nc(-c3ccccn3)no2)CC1. The van der Waals surface area contributed by atoms with Crippen LogP contribution in [0.4, 0.5) is 4.39 Å². The van der Waals surface area contributed by atoms with Crippen LogP contribution in [0.5, 0.6) is 5.75 Å². The molecular formula is C21H23FN4O3. The van der Waals surface area contributed by atoms with Crippen molar-refractivity contribution in [1.29, 1.82) is 0 Å². The zero-order chi connectivity index (χ0) is 20.1. The highest BCUT2D eigenvalue weighted by Gasteiger charge is 2.26. The average Bonchev–Trinajstić information content (AvgIpc) is 3.25. The Morgan fingerprint density at radius 2 is 1.97 bits per heavy atom. The lowest BCUT2D eigenvalue weighted by Crippen LogP contribution is -2.40. The lowest BCUT2D eigenvalue weighted by atomic mass is 9.96. The van der Waals surface area contributed by atoms with E-state index in [0.29, 0.717) is 29.7 Å². The second-order valence-electron chi connectivity index (χ2n) is 7.16. The third-order valence-corrected chi connectivity index (χ3v) is 5.00. The summed E-state index contributed by atoms with van der Waals surface area (Å²) in [7, 11) is 0. The molecule has 1 saturated heterocycles. The van der Waals surface area contributed by atoms with Crippen LogP contribution in [0.25, 0.3) is 11.5 Å². The standard InChI is InChI=1S/C21H23FN4O3/c22-16-4-6-18(7-5-16)28-14-17(27)13-26-11-8-15(9-12-26)21-24-20(25-29-21)19-3-1-2-10-23-19/h1-7,10,15,17,27H,8-9,11-14H2. The minimum absolute atomic E-state index is 0.169. The second-order valence-corrected chi connectivity index (χ2v) is 7.16. The minimum atomic E-state index is -0.615. The number of piperidine rings is 1. The number of likely N-dealkylation sites (tertiary alicyclic amines) is 1. The summed E-state index contributed by atoms with van der Waals surface area (Å²) in [6.45, 7) is 2.36. The number of pyridine rings is 1. The van der Waals surface area contributed by atoms with Crippen molar-refractivity contribution in [2.24, 2.45) is 0 Å². The molecule has 1 unspecified atom stereocenters. The fourth-order valence-corrected chi connectivity index (χ4v) is 3.44. The van der Waals surface area contributed by atoms with Gasteiger partial charge in [-0.1, -0.05) is 11.2 Å². The molecule has 29 heavy (non-hydrogen) atoms. The summed E-state index contributed by atoms with van der Waals surface area (Å²) in [5, 5.41) is 14.3. The van der Waals surface area contributed by atoms with Crippen molar-refractivity contribution in [3.63, 3.8) is 0 Å². The number of rotatable bonds is 7. The van der Waals surface area contributed by atoms with Gasteiger partial charge < -0.3 is 19.3 Å². The van der Waals surface area contributed by atoms with E-state index in [1.807, 2.05) is 18.2 Å². The molecule has 3 aromatic rings. The molecule has 0 radical (unpaired) electrons. The van der Waals surface area contributed by atoms with E-state index in [1.165, 1.54) is 12.1 Å². The van der Waals surface area contributed by atoms with Gasteiger partial charge in [0.05, 0.1) is 0 Å². The van der Waals surface area contributed by atoms with Crippen molar-refractivity contribution in [1.82, 2.24) is 20.0 Å². The van der Waals surface area contributed by atoms with E-state index in [-0.39, 0.29) is 18.3 Å². The van der Waals surface area contributed by atoms with Gasteiger partial charge in [-0.3, -0.25) is 4.98 Å². The lowest BCUT2D eigenvalue weighted by Gasteiger charge is -2.31. The smallest absolute Gasteiger partial charge is 0.230 e. The summed E-state index contributed by atoms with van der Waals surface area (Å²) < 4.78 is 23.9. The molecule has 2 aromatic heterocycles. The fourth-order valence-electron chi connectivity index (χ4n) is 3.44. The number of β-amino-alcohol motifs (C(OH)–C–C–N with tert-alkyl or cyclic N) is 1. The van der Waals surface area contributed by atoms with Gasteiger partial charge in [0.15, 0.2) is 0 Å². The summed E-state index contributed by atoms with van der Waals surface area (Å²) in [5.74, 6) is 1.60. The predicted octanol–water partition coefficient (Wildman–Crippen LogP) is 2.89. The van der Waals surface area contributed by atoms with Crippen LogP contribution in [0.15, 0.2) is 53.2 Å². The average molecular weight is 398 g/mol. The van der Waals surface area contributed by atoms with Crippen LogP contribution in [0, 0.1) is 5.82 Å². The van der Waals surface area contributed by atoms with Crippen molar-refractivity contribution < 1.29 is 18.8 Å². The van der Waals surface area contributed by atoms with Gasteiger partial charge in [0.1, 0.15) is 30.0 Å². The number of aliphatic hydroxyl groups is 1. The number of ether oxygens (including phenoxy) is 1. The van der Waals surface area contributed by atoms with E-state index in [2.05, 4.69) is 20.0 Å². The van der Waals surface area contributed by atoms with Crippen molar-refractivity contribution in [3.05, 3.63) is 60.4 Å². The van der Waals surface area contributed by atoms with Crippen LogP contribution in [0.3, 0.4) is 0 Å². The van der Waals surface area contributed by atoms with Crippen molar-refractivity contribution in [2.75, 3.05) is 26.2 Å². The van der Waals surface area contributed by atoms with Gasteiger partial charge in [-0.25, -0.2) is 4.39 Å². The third-order valence-electron chi connectivity index (χ3n) is 5.00. The first-order chi connectivity index (χ1) is 14.2. The number of aromatic nitrogens is 3. The lowest BCUT2D eigenvalue weighted by molar-refractivity contribution is 0.0579. The molecule has 1 aromatic carbocycles. The zero-order valence-corrected chi connectivity index (χ0v) is 15.9. The quantitative estimate of drug-likeness (QED) is 0.655. The zero-order valence-electron chi connectivity index (χ0n) is 15.9. The molecule has 1 atom stereocenters. The van der Waals surface area contributed by atoms with Gasteiger partial charge in [-0.05, 0) is 62.3 Å². The highest BCUT2D eigenvalue weighted by atomic mass is 19.1. The van der Waals surface area contributed by atoms with E-state index >= 15 is 0 Å². The first-order valence-corrected chi connectivity index (χ1v) is 9.71. The van der Waals surface area contributed by atoms with Gasteiger partial charge in [0.25, 0.3) is 0 Å². The second kappa shape index (κ2) is 9.11. The van der Waals surface area contributed by atoms with Crippen LogP contribution in [0.2, 0.25) is 0 Å². The Bertz CT molecular complexity index is 896. The van der Waals surface area contributed by atoms with Gasteiger partial charge >= 0.3 is 0 Å². The molecule has 0 spiro atoms. The molecule has 152 valence electrons. The van der Waals surface area contributed by atoms with Crippen molar-refractivity contribution in [2.45, 2.75) is 24.9 Å². The minimum Gasteiger partial charge on any atom is -0.491 e. The van der Waals surface area contributed by atoms with Gasteiger partial charge in [0.2, 0.25) is 11.7 Å². The molecular weight excluding hydrogens is 375 g/mol. The molecule has 1 fully saturated rings. The van der Waals surface area contributed by atoms with Crippen molar-refractivity contribution >= 4 is 0 Å². The topological polar surface area (TPSA) is 84.5 Å². The van der Waals surface area contributed by atoms with E-state index in [4.69, 9.17) is 9.26 Å².